The van der Waals surface area contributed by atoms with Gasteiger partial charge in [0.15, 0.2) is 0 Å². The lowest BCUT2D eigenvalue weighted by molar-refractivity contribution is -0.133. The van der Waals surface area contributed by atoms with E-state index in [0.717, 1.165) is 4.90 Å². The zero-order valence-corrected chi connectivity index (χ0v) is 14.0. The van der Waals surface area contributed by atoms with Gasteiger partial charge >= 0.3 is 17.8 Å². The molecule has 0 saturated carbocycles. The van der Waals surface area contributed by atoms with Crippen LogP contribution in [0, 0.1) is 0 Å². The summed E-state index contributed by atoms with van der Waals surface area (Å²) in [5, 5.41) is 5.00. The number of carbonyl (C=O) groups excluding carboxylic acids is 3. The van der Waals surface area contributed by atoms with Gasteiger partial charge < -0.3 is 15.4 Å². The van der Waals surface area contributed by atoms with Crippen molar-refractivity contribution in [1.29, 1.82) is 0 Å². The van der Waals surface area contributed by atoms with Crippen molar-refractivity contribution < 1.29 is 19.1 Å². The molecule has 7 heteroatoms. The molecule has 0 radical (unpaired) electrons. The standard InChI is InChI=1S/C17H16N2O4S/c1-23-17(22)11-6-8-12(9-7-11)18-15(20)16(21)19-13-4-3-5-14(10-13)24-2/h3-10H,1-2H3,(H,18,20)(H,19,21). The molecule has 0 saturated heterocycles. The van der Waals surface area contributed by atoms with Crippen molar-refractivity contribution in [3.05, 3.63) is 54.1 Å². The lowest BCUT2D eigenvalue weighted by Crippen LogP contribution is -2.29. The number of benzene rings is 2. The maximum Gasteiger partial charge on any atom is 0.337 e. The van der Waals surface area contributed by atoms with Crippen LogP contribution in [0.15, 0.2) is 53.4 Å². The number of amides is 2. The second-order valence-corrected chi connectivity index (χ2v) is 5.59. The number of hydrogen-bond acceptors (Lipinski definition) is 5. The normalized spacial score (nSPS) is 9.92. The predicted molar refractivity (Wildman–Crippen MR) is 93.3 cm³/mol. The van der Waals surface area contributed by atoms with Gasteiger partial charge in [0.25, 0.3) is 0 Å². The molecule has 0 aliphatic carbocycles. The zero-order chi connectivity index (χ0) is 17.5. The first-order valence-electron chi connectivity index (χ1n) is 6.98. The van der Waals surface area contributed by atoms with E-state index in [1.807, 2.05) is 12.3 Å². The van der Waals surface area contributed by atoms with E-state index in [9.17, 15) is 14.4 Å². The Bertz CT molecular complexity index is 759. The Labute approximate surface area is 143 Å². The third-order valence-corrected chi connectivity index (χ3v) is 3.82. The summed E-state index contributed by atoms with van der Waals surface area (Å²) in [5.41, 5.74) is 1.30. The van der Waals surface area contributed by atoms with E-state index < -0.39 is 17.8 Å². The third-order valence-electron chi connectivity index (χ3n) is 3.10. The predicted octanol–water partition coefficient (Wildman–Crippen LogP) is 2.77. The van der Waals surface area contributed by atoms with Crippen LogP contribution in [0.5, 0.6) is 0 Å². The van der Waals surface area contributed by atoms with Crippen molar-refractivity contribution in [2.75, 3.05) is 24.0 Å². The quantitative estimate of drug-likeness (QED) is 0.506. The molecular formula is C17H16N2O4S. The number of esters is 1. The van der Waals surface area contributed by atoms with Crippen molar-refractivity contribution in [2.45, 2.75) is 4.90 Å². The smallest absolute Gasteiger partial charge is 0.337 e. The lowest BCUT2D eigenvalue weighted by Gasteiger charge is -2.08. The second-order valence-electron chi connectivity index (χ2n) is 4.71. The summed E-state index contributed by atoms with van der Waals surface area (Å²) in [6.45, 7) is 0. The Balaban J connectivity index is 1.98. The molecular weight excluding hydrogens is 328 g/mol. The SMILES string of the molecule is COC(=O)c1ccc(NC(=O)C(=O)Nc2cccc(SC)c2)cc1. The number of carbonyl (C=O) groups is 3. The van der Waals surface area contributed by atoms with Crippen LogP contribution in [0.25, 0.3) is 0 Å². The summed E-state index contributed by atoms with van der Waals surface area (Å²) in [6, 6.07) is 13.2. The van der Waals surface area contributed by atoms with E-state index in [2.05, 4.69) is 15.4 Å². The van der Waals surface area contributed by atoms with Crippen molar-refractivity contribution in [3.63, 3.8) is 0 Å². The Kier molecular flexibility index (Phi) is 5.97. The van der Waals surface area contributed by atoms with Crippen molar-refractivity contribution >= 4 is 40.9 Å². The van der Waals surface area contributed by atoms with E-state index in [1.54, 1.807) is 18.2 Å². The first-order valence-corrected chi connectivity index (χ1v) is 8.20. The molecule has 2 amide bonds. The molecule has 2 N–H and O–H groups in total. The topological polar surface area (TPSA) is 84.5 Å². The van der Waals surface area contributed by atoms with Gasteiger partial charge in [0.05, 0.1) is 12.7 Å². The van der Waals surface area contributed by atoms with Crippen LogP contribution in [0.3, 0.4) is 0 Å². The van der Waals surface area contributed by atoms with E-state index in [0.29, 0.717) is 16.9 Å². The average molecular weight is 344 g/mol. The Morgan fingerprint density at radius 2 is 1.54 bits per heavy atom. The lowest BCUT2D eigenvalue weighted by atomic mass is 10.2. The minimum Gasteiger partial charge on any atom is -0.465 e. The van der Waals surface area contributed by atoms with E-state index >= 15 is 0 Å². The summed E-state index contributed by atoms with van der Waals surface area (Å²) in [5.74, 6) is -2.04. The molecule has 0 aliphatic rings. The fourth-order valence-corrected chi connectivity index (χ4v) is 2.34. The van der Waals surface area contributed by atoms with Crippen LogP contribution in [0.4, 0.5) is 11.4 Å². The number of rotatable bonds is 4. The highest BCUT2D eigenvalue weighted by Crippen LogP contribution is 2.19. The van der Waals surface area contributed by atoms with Gasteiger partial charge in [-0.15, -0.1) is 11.8 Å². The number of methoxy groups -OCH3 is 1. The Hall–Kier alpha value is -2.80. The fraction of sp³-hybridized carbons (Fsp3) is 0.118. The molecule has 0 bridgehead atoms. The molecule has 0 heterocycles. The van der Waals surface area contributed by atoms with Crippen LogP contribution in [-0.4, -0.2) is 31.1 Å². The summed E-state index contributed by atoms with van der Waals surface area (Å²) in [6.07, 6.45) is 1.92. The Morgan fingerprint density at radius 3 is 2.12 bits per heavy atom. The van der Waals surface area contributed by atoms with Gasteiger partial charge in [-0.3, -0.25) is 9.59 Å². The van der Waals surface area contributed by atoms with Gasteiger partial charge in [-0.1, -0.05) is 6.07 Å². The highest BCUT2D eigenvalue weighted by Gasteiger charge is 2.14. The highest BCUT2D eigenvalue weighted by atomic mass is 32.2. The molecule has 124 valence electrons. The molecule has 0 atom stereocenters. The molecule has 0 fully saturated rings. The Morgan fingerprint density at radius 1 is 0.917 bits per heavy atom. The zero-order valence-electron chi connectivity index (χ0n) is 13.2. The summed E-state index contributed by atoms with van der Waals surface area (Å²) in [4.78, 5) is 36.2. The molecule has 0 unspecified atom stereocenters. The van der Waals surface area contributed by atoms with Crippen LogP contribution in [0.1, 0.15) is 10.4 Å². The van der Waals surface area contributed by atoms with Gasteiger partial charge in [0.1, 0.15) is 0 Å². The molecule has 6 nitrogen and oxygen atoms in total. The maximum absolute atomic E-state index is 11.9. The van der Waals surface area contributed by atoms with Gasteiger partial charge in [0, 0.05) is 16.3 Å². The van der Waals surface area contributed by atoms with Crippen LogP contribution in [0.2, 0.25) is 0 Å². The fourth-order valence-electron chi connectivity index (χ4n) is 1.88. The van der Waals surface area contributed by atoms with E-state index in [4.69, 9.17) is 0 Å². The molecule has 0 aromatic heterocycles. The van der Waals surface area contributed by atoms with E-state index in [-0.39, 0.29) is 0 Å². The van der Waals surface area contributed by atoms with Crippen molar-refractivity contribution in [3.8, 4) is 0 Å². The van der Waals surface area contributed by atoms with Gasteiger partial charge in [0.2, 0.25) is 0 Å². The third kappa shape index (κ3) is 4.60. The number of hydrogen-bond donors (Lipinski definition) is 2. The van der Waals surface area contributed by atoms with Crippen LogP contribution < -0.4 is 10.6 Å². The molecule has 2 aromatic carbocycles. The number of ether oxygens (including phenoxy) is 1. The first kappa shape index (κ1) is 17.6. The van der Waals surface area contributed by atoms with Crippen LogP contribution in [-0.2, 0) is 14.3 Å². The minimum atomic E-state index is -0.796. The van der Waals surface area contributed by atoms with Gasteiger partial charge in [-0.25, -0.2) is 4.79 Å². The van der Waals surface area contributed by atoms with Gasteiger partial charge in [-0.2, -0.15) is 0 Å². The second kappa shape index (κ2) is 8.16. The monoisotopic (exact) mass is 344 g/mol. The minimum absolute atomic E-state index is 0.355. The van der Waals surface area contributed by atoms with Gasteiger partial charge in [-0.05, 0) is 48.7 Å². The average Bonchev–Trinajstić information content (AvgIpc) is 2.61. The number of nitrogens with one attached hydrogen (secondary N) is 2. The molecule has 2 aromatic rings. The first-order chi connectivity index (χ1) is 11.5. The van der Waals surface area contributed by atoms with E-state index in [1.165, 1.54) is 43.1 Å². The largest absolute Gasteiger partial charge is 0.465 e. The number of thioether (sulfide) groups is 1. The number of anilines is 2. The van der Waals surface area contributed by atoms with Crippen molar-refractivity contribution in [1.82, 2.24) is 0 Å². The summed E-state index contributed by atoms with van der Waals surface area (Å²) in [7, 11) is 1.29. The molecule has 0 aliphatic heterocycles. The summed E-state index contributed by atoms with van der Waals surface area (Å²) >= 11 is 1.54. The van der Waals surface area contributed by atoms with Crippen molar-refractivity contribution in [2.24, 2.45) is 0 Å². The molecule has 24 heavy (non-hydrogen) atoms. The summed E-state index contributed by atoms with van der Waals surface area (Å²) < 4.78 is 4.59. The maximum atomic E-state index is 11.9. The molecule has 2 rings (SSSR count). The van der Waals surface area contributed by atoms with Crippen LogP contribution >= 0.6 is 11.8 Å². The molecule has 0 spiro atoms. The highest BCUT2D eigenvalue weighted by molar-refractivity contribution is 7.98.